The molecule has 1 unspecified atom stereocenters. The fourth-order valence-corrected chi connectivity index (χ4v) is 4.13. The maximum atomic E-state index is 13.5. The van der Waals surface area contributed by atoms with Gasteiger partial charge in [-0.2, -0.15) is 0 Å². The van der Waals surface area contributed by atoms with Crippen molar-refractivity contribution >= 4 is 0 Å². The van der Waals surface area contributed by atoms with Crippen LogP contribution in [0.1, 0.15) is 50.6 Å². The van der Waals surface area contributed by atoms with Crippen LogP contribution >= 0.6 is 0 Å². The molecule has 0 aromatic heterocycles. The number of nitrogens with zero attached hydrogens (tertiary/aromatic N) is 1. The molecule has 2 aliphatic rings. The fourth-order valence-electron chi connectivity index (χ4n) is 4.13. The predicted octanol–water partition coefficient (Wildman–Crippen LogP) is 3.63. The van der Waals surface area contributed by atoms with Crippen molar-refractivity contribution in [3.8, 4) is 0 Å². The summed E-state index contributed by atoms with van der Waals surface area (Å²) < 4.78 is 27.0. The highest BCUT2D eigenvalue weighted by Crippen LogP contribution is 2.39. The topological polar surface area (TPSA) is 15.3 Å². The summed E-state index contributed by atoms with van der Waals surface area (Å²) in [6.07, 6.45) is 6.17. The van der Waals surface area contributed by atoms with Crippen LogP contribution in [0.25, 0.3) is 0 Å². The second kappa shape index (κ2) is 6.01. The van der Waals surface area contributed by atoms with Gasteiger partial charge in [-0.05, 0) is 37.5 Å². The Kier molecular flexibility index (Phi) is 4.27. The molecular formula is C17H24F2N2. The zero-order chi connectivity index (χ0) is 14.9. The molecule has 1 aliphatic carbocycles. The van der Waals surface area contributed by atoms with Gasteiger partial charge >= 0.3 is 0 Å². The normalized spacial score (nSPS) is 24.1. The van der Waals surface area contributed by atoms with Gasteiger partial charge in [-0.3, -0.25) is 4.90 Å². The number of hydrogen-bond acceptors (Lipinski definition) is 2. The minimum absolute atomic E-state index is 0.0513. The van der Waals surface area contributed by atoms with Crippen molar-refractivity contribution in [2.45, 2.75) is 50.6 Å². The predicted molar refractivity (Wildman–Crippen MR) is 80.2 cm³/mol. The Bertz CT molecular complexity index is 469. The van der Waals surface area contributed by atoms with Crippen LogP contribution in [0.4, 0.5) is 8.78 Å². The van der Waals surface area contributed by atoms with E-state index in [0.29, 0.717) is 0 Å². The minimum atomic E-state index is -0.482. The van der Waals surface area contributed by atoms with Crippen LogP contribution in [0.15, 0.2) is 18.2 Å². The molecular weight excluding hydrogens is 270 g/mol. The molecule has 1 spiro atoms. The first-order valence-electron chi connectivity index (χ1n) is 8.04. The number of nitrogens with one attached hydrogen (secondary N) is 1. The van der Waals surface area contributed by atoms with Crippen LogP contribution in [-0.2, 0) is 0 Å². The van der Waals surface area contributed by atoms with Gasteiger partial charge in [-0.15, -0.1) is 0 Å². The first kappa shape index (κ1) is 14.9. The SMILES string of the molecule is CC(c1cc(F)cc(F)c1)N1CCNCC12CCCCC2. The standard InChI is InChI=1S/C17H24F2N2/c1-13(14-9-15(18)11-16(19)10-14)21-8-7-20-12-17(21)5-3-2-4-6-17/h9-11,13,20H,2-8,12H2,1H3. The van der Waals surface area contributed by atoms with E-state index in [0.717, 1.165) is 31.3 Å². The van der Waals surface area contributed by atoms with Crippen molar-refractivity contribution in [3.63, 3.8) is 0 Å². The van der Waals surface area contributed by atoms with E-state index < -0.39 is 11.6 Å². The molecule has 3 rings (SSSR count). The number of piperazine rings is 1. The van der Waals surface area contributed by atoms with Gasteiger partial charge in [-0.1, -0.05) is 19.3 Å². The van der Waals surface area contributed by atoms with Crippen molar-refractivity contribution in [2.24, 2.45) is 0 Å². The van der Waals surface area contributed by atoms with Crippen molar-refractivity contribution in [1.29, 1.82) is 0 Å². The Morgan fingerprint density at radius 2 is 1.76 bits per heavy atom. The summed E-state index contributed by atoms with van der Waals surface area (Å²) in [5.41, 5.74) is 0.915. The summed E-state index contributed by atoms with van der Waals surface area (Å²) in [5, 5.41) is 3.51. The lowest BCUT2D eigenvalue weighted by Crippen LogP contribution is -2.62. The van der Waals surface area contributed by atoms with Gasteiger partial charge in [-0.25, -0.2) is 8.78 Å². The Morgan fingerprint density at radius 1 is 1.10 bits per heavy atom. The molecule has 2 nitrogen and oxygen atoms in total. The summed E-state index contributed by atoms with van der Waals surface area (Å²) in [7, 11) is 0. The smallest absolute Gasteiger partial charge is 0.126 e. The quantitative estimate of drug-likeness (QED) is 0.896. The van der Waals surface area contributed by atoms with Gasteiger partial charge in [0, 0.05) is 37.3 Å². The molecule has 21 heavy (non-hydrogen) atoms. The third-order valence-corrected chi connectivity index (χ3v) is 5.21. The highest BCUT2D eigenvalue weighted by molar-refractivity contribution is 5.22. The van der Waals surface area contributed by atoms with E-state index in [-0.39, 0.29) is 11.6 Å². The highest BCUT2D eigenvalue weighted by Gasteiger charge is 2.42. The summed E-state index contributed by atoms with van der Waals surface area (Å²) in [6.45, 7) is 4.97. The molecule has 1 atom stereocenters. The zero-order valence-electron chi connectivity index (χ0n) is 12.7. The second-order valence-corrected chi connectivity index (χ2v) is 6.53. The van der Waals surface area contributed by atoms with Gasteiger partial charge in [0.05, 0.1) is 0 Å². The fraction of sp³-hybridized carbons (Fsp3) is 0.647. The van der Waals surface area contributed by atoms with Crippen LogP contribution in [0.5, 0.6) is 0 Å². The Hall–Kier alpha value is -1.00. The maximum absolute atomic E-state index is 13.5. The van der Waals surface area contributed by atoms with Gasteiger partial charge in [0.15, 0.2) is 0 Å². The lowest BCUT2D eigenvalue weighted by Gasteiger charge is -2.52. The molecule has 116 valence electrons. The van der Waals surface area contributed by atoms with Gasteiger partial charge in [0.1, 0.15) is 11.6 Å². The van der Waals surface area contributed by atoms with Crippen LogP contribution < -0.4 is 5.32 Å². The number of hydrogen-bond donors (Lipinski definition) is 1. The molecule has 1 aromatic rings. The zero-order valence-corrected chi connectivity index (χ0v) is 12.7. The van der Waals surface area contributed by atoms with Crippen LogP contribution in [-0.4, -0.2) is 30.1 Å². The van der Waals surface area contributed by atoms with Crippen LogP contribution in [0.2, 0.25) is 0 Å². The van der Waals surface area contributed by atoms with E-state index in [9.17, 15) is 8.78 Å². The van der Waals surface area contributed by atoms with Gasteiger partial charge in [0.2, 0.25) is 0 Å². The minimum Gasteiger partial charge on any atom is -0.314 e. The first-order valence-corrected chi connectivity index (χ1v) is 8.04. The Morgan fingerprint density at radius 3 is 2.43 bits per heavy atom. The molecule has 0 radical (unpaired) electrons. The highest BCUT2D eigenvalue weighted by atomic mass is 19.1. The number of rotatable bonds is 2. The molecule has 1 N–H and O–H groups in total. The lowest BCUT2D eigenvalue weighted by molar-refractivity contribution is -0.00294. The summed E-state index contributed by atoms with van der Waals surface area (Å²) in [6, 6.07) is 3.96. The molecule has 1 aromatic carbocycles. The van der Waals surface area contributed by atoms with Gasteiger partial charge in [0.25, 0.3) is 0 Å². The average molecular weight is 294 g/mol. The van der Waals surface area contributed by atoms with E-state index >= 15 is 0 Å². The van der Waals surface area contributed by atoms with E-state index in [1.54, 1.807) is 0 Å². The van der Waals surface area contributed by atoms with E-state index in [2.05, 4.69) is 17.1 Å². The molecule has 0 bridgehead atoms. The number of halogens is 2. The molecule has 1 heterocycles. The van der Waals surface area contributed by atoms with Gasteiger partial charge < -0.3 is 5.32 Å². The third-order valence-electron chi connectivity index (χ3n) is 5.21. The summed E-state index contributed by atoms with van der Waals surface area (Å²) >= 11 is 0. The molecule has 0 amide bonds. The first-order chi connectivity index (χ1) is 10.1. The maximum Gasteiger partial charge on any atom is 0.126 e. The average Bonchev–Trinajstić information content (AvgIpc) is 2.47. The monoisotopic (exact) mass is 294 g/mol. The Labute approximate surface area is 125 Å². The molecule has 1 saturated heterocycles. The lowest BCUT2D eigenvalue weighted by atomic mass is 9.78. The Balaban J connectivity index is 1.88. The second-order valence-electron chi connectivity index (χ2n) is 6.53. The van der Waals surface area contributed by atoms with Crippen molar-refractivity contribution in [3.05, 3.63) is 35.4 Å². The molecule has 4 heteroatoms. The number of benzene rings is 1. The summed E-state index contributed by atoms with van der Waals surface area (Å²) in [5.74, 6) is -0.964. The van der Waals surface area contributed by atoms with E-state index in [4.69, 9.17) is 0 Å². The molecule has 1 saturated carbocycles. The van der Waals surface area contributed by atoms with Crippen molar-refractivity contribution < 1.29 is 8.78 Å². The van der Waals surface area contributed by atoms with E-state index in [1.807, 2.05) is 0 Å². The summed E-state index contributed by atoms with van der Waals surface area (Å²) in [4.78, 5) is 2.48. The van der Waals surface area contributed by atoms with Crippen LogP contribution in [0.3, 0.4) is 0 Å². The third kappa shape index (κ3) is 2.97. The van der Waals surface area contributed by atoms with Crippen molar-refractivity contribution in [2.75, 3.05) is 19.6 Å². The molecule has 2 fully saturated rings. The van der Waals surface area contributed by atoms with Crippen LogP contribution in [0, 0.1) is 11.6 Å². The van der Waals surface area contributed by atoms with Crippen molar-refractivity contribution in [1.82, 2.24) is 10.2 Å². The molecule has 1 aliphatic heterocycles. The largest absolute Gasteiger partial charge is 0.314 e. The van der Waals surface area contributed by atoms with E-state index in [1.165, 1.54) is 44.2 Å².